The van der Waals surface area contributed by atoms with E-state index in [4.69, 9.17) is 16.3 Å². The van der Waals surface area contributed by atoms with E-state index in [9.17, 15) is 9.59 Å². The average Bonchev–Trinajstić information content (AvgIpc) is 3.04. The van der Waals surface area contributed by atoms with Crippen molar-refractivity contribution in [3.8, 4) is 0 Å². The molecule has 0 saturated carbocycles. The lowest BCUT2D eigenvalue weighted by Crippen LogP contribution is -2.31. The highest BCUT2D eigenvalue weighted by Gasteiger charge is 2.22. The highest BCUT2D eigenvalue weighted by atomic mass is 35.5. The third-order valence-corrected chi connectivity index (χ3v) is 4.55. The molecule has 0 aliphatic heterocycles. The molecule has 5 nitrogen and oxygen atoms in total. The van der Waals surface area contributed by atoms with E-state index in [2.05, 4.69) is 10.3 Å². The summed E-state index contributed by atoms with van der Waals surface area (Å²) in [5.41, 5.74) is 3.08. The number of hydrogen-bond acceptors (Lipinski definition) is 3. The molecule has 0 bridgehead atoms. The van der Waals surface area contributed by atoms with Crippen molar-refractivity contribution in [3.05, 3.63) is 70.4 Å². The van der Waals surface area contributed by atoms with Gasteiger partial charge in [0, 0.05) is 15.9 Å². The fraction of sp³-hybridized carbons (Fsp3) is 0.200. The number of benzene rings is 2. The van der Waals surface area contributed by atoms with Crippen LogP contribution in [-0.4, -0.2) is 24.0 Å². The minimum absolute atomic E-state index is 0.00862. The van der Waals surface area contributed by atoms with E-state index in [1.54, 1.807) is 24.3 Å². The number of H-pyrrole nitrogens is 1. The van der Waals surface area contributed by atoms with Crippen molar-refractivity contribution < 1.29 is 14.3 Å². The van der Waals surface area contributed by atoms with Crippen LogP contribution in [-0.2, 0) is 9.53 Å². The van der Waals surface area contributed by atoms with Crippen LogP contribution >= 0.6 is 11.6 Å². The third-order valence-electron chi connectivity index (χ3n) is 4.21. The van der Waals surface area contributed by atoms with Crippen molar-refractivity contribution in [2.45, 2.75) is 19.4 Å². The predicted molar refractivity (Wildman–Crippen MR) is 101 cm³/mol. The van der Waals surface area contributed by atoms with E-state index in [1.807, 2.05) is 31.2 Å². The fourth-order valence-corrected chi connectivity index (χ4v) is 3.11. The number of fused-ring (bicyclic) bond motifs is 1. The van der Waals surface area contributed by atoms with Gasteiger partial charge in [-0.05, 0) is 36.2 Å². The Morgan fingerprint density at radius 3 is 2.69 bits per heavy atom. The second-order valence-electron chi connectivity index (χ2n) is 6.10. The Morgan fingerprint density at radius 2 is 1.96 bits per heavy atom. The van der Waals surface area contributed by atoms with Gasteiger partial charge in [-0.1, -0.05) is 41.9 Å². The van der Waals surface area contributed by atoms with Gasteiger partial charge in [0.05, 0.1) is 19.6 Å². The van der Waals surface area contributed by atoms with Gasteiger partial charge in [-0.25, -0.2) is 0 Å². The Morgan fingerprint density at radius 1 is 1.19 bits per heavy atom. The highest BCUT2D eigenvalue weighted by molar-refractivity contribution is 6.31. The quantitative estimate of drug-likeness (QED) is 0.662. The Balaban J connectivity index is 1.88. The van der Waals surface area contributed by atoms with Crippen LogP contribution < -0.4 is 5.32 Å². The second kappa shape index (κ2) is 7.62. The number of nitrogens with one attached hydrogen (secondary N) is 2. The maximum Gasteiger partial charge on any atom is 0.307 e. The lowest BCUT2D eigenvalue weighted by molar-refractivity contribution is -0.141. The second-order valence-corrected chi connectivity index (χ2v) is 6.51. The zero-order valence-electron chi connectivity index (χ0n) is 14.5. The number of esters is 1. The Bertz CT molecular complexity index is 965. The summed E-state index contributed by atoms with van der Waals surface area (Å²) < 4.78 is 4.75. The summed E-state index contributed by atoms with van der Waals surface area (Å²) in [5, 5.41) is 4.30. The van der Waals surface area contributed by atoms with E-state index in [0.717, 1.165) is 16.5 Å². The zero-order chi connectivity index (χ0) is 18.7. The van der Waals surface area contributed by atoms with E-state index in [-0.39, 0.29) is 12.3 Å². The molecule has 0 fully saturated rings. The summed E-state index contributed by atoms with van der Waals surface area (Å²) in [6.45, 7) is 1.99. The lowest BCUT2D eigenvalue weighted by Gasteiger charge is -2.19. The first-order chi connectivity index (χ1) is 12.5. The molecule has 0 radical (unpaired) electrons. The molecule has 134 valence electrons. The van der Waals surface area contributed by atoms with Crippen molar-refractivity contribution >= 4 is 34.4 Å². The number of aromatic nitrogens is 1. The standard InChI is InChI=1S/C20H19ClN2O3/c1-12-7-8-13-10-18(22-16(13)9-12)20(25)23-17(11-19(24)26-2)14-5-3-4-6-15(14)21/h3-10,17,22H,11H2,1-2H3,(H,23,25). The van der Waals surface area contributed by atoms with Gasteiger partial charge in [0.25, 0.3) is 5.91 Å². The molecule has 26 heavy (non-hydrogen) atoms. The van der Waals surface area contributed by atoms with Crippen molar-refractivity contribution in [1.82, 2.24) is 10.3 Å². The van der Waals surface area contributed by atoms with Crippen LogP contribution in [0.4, 0.5) is 0 Å². The van der Waals surface area contributed by atoms with Gasteiger partial charge in [0.15, 0.2) is 0 Å². The first-order valence-electron chi connectivity index (χ1n) is 8.19. The molecule has 2 N–H and O–H groups in total. The highest BCUT2D eigenvalue weighted by Crippen LogP contribution is 2.26. The molecule has 6 heteroatoms. The Hall–Kier alpha value is -2.79. The van der Waals surface area contributed by atoms with Crippen LogP contribution in [0.15, 0.2) is 48.5 Å². The molecule has 0 aliphatic carbocycles. The maximum absolute atomic E-state index is 12.7. The molecule has 1 aromatic heterocycles. The number of amides is 1. The molecule has 0 saturated heterocycles. The van der Waals surface area contributed by atoms with Gasteiger partial charge in [-0.3, -0.25) is 9.59 Å². The number of rotatable bonds is 5. The third kappa shape index (κ3) is 3.89. The molecule has 0 spiro atoms. The number of methoxy groups -OCH3 is 1. The summed E-state index contributed by atoms with van der Waals surface area (Å²) in [5.74, 6) is -0.741. The number of aryl methyl sites for hydroxylation is 1. The molecule has 2 aromatic carbocycles. The molecular formula is C20H19ClN2O3. The number of ether oxygens (including phenoxy) is 1. The van der Waals surface area contributed by atoms with Crippen LogP contribution in [0.1, 0.15) is 34.1 Å². The first-order valence-corrected chi connectivity index (χ1v) is 8.57. The molecule has 3 aromatic rings. The predicted octanol–water partition coefficient (Wildman–Crippen LogP) is 4.16. The van der Waals surface area contributed by atoms with E-state index >= 15 is 0 Å². The Labute approximate surface area is 156 Å². The lowest BCUT2D eigenvalue weighted by atomic mass is 10.0. The van der Waals surface area contributed by atoms with E-state index in [1.165, 1.54) is 7.11 Å². The monoisotopic (exact) mass is 370 g/mol. The number of hydrogen-bond donors (Lipinski definition) is 2. The van der Waals surface area contributed by atoms with E-state index in [0.29, 0.717) is 16.3 Å². The van der Waals surface area contributed by atoms with Gasteiger partial charge in [-0.2, -0.15) is 0 Å². The number of carbonyl (C=O) groups is 2. The zero-order valence-corrected chi connectivity index (χ0v) is 15.3. The smallest absolute Gasteiger partial charge is 0.307 e. The van der Waals surface area contributed by atoms with Crippen molar-refractivity contribution in [3.63, 3.8) is 0 Å². The van der Waals surface area contributed by atoms with Crippen LogP contribution in [0.3, 0.4) is 0 Å². The summed E-state index contributed by atoms with van der Waals surface area (Å²) >= 11 is 6.25. The van der Waals surface area contributed by atoms with Gasteiger partial charge < -0.3 is 15.0 Å². The molecule has 3 rings (SSSR count). The minimum atomic E-state index is -0.586. The van der Waals surface area contributed by atoms with Crippen LogP contribution in [0.25, 0.3) is 10.9 Å². The summed E-state index contributed by atoms with van der Waals surface area (Å²) in [7, 11) is 1.31. The molecule has 1 unspecified atom stereocenters. The number of halogens is 1. The van der Waals surface area contributed by atoms with Crippen molar-refractivity contribution in [2.24, 2.45) is 0 Å². The van der Waals surface area contributed by atoms with Gasteiger partial charge in [0.1, 0.15) is 5.69 Å². The molecule has 1 heterocycles. The summed E-state index contributed by atoms with van der Waals surface area (Å²) in [6, 6.07) is 14.2. The van der Waals surface area contributed by atoms with E-state index < -0.39 is 12.0 Å². The van der Waals surface area contributed by atoms with Crippen molar-refractivity contribution in [1.29, 1.82) is 0 Å². The average molecular weight is 371 g/mol. The summed E-state index contributed by atoms with van der Waals surface area (Å²) in [6.07, 6.45) is -0.00862. The molecule has 0 aliphatic rings. The summed E-state index contributed by atoms with van der Waals surface area (Å²) in [4.78, 5) is 27.6. The van der Waals surface area contributed by atoms with Crippen LogP contribution in [0.2, 0.25) is 5.02 Å². The maximum atomic E-state index is 12.7. The largest absolute Gasteiger partial charge is 0.469 e. The van der Waals surface area contributed by atoms with Crippen LogP contribution in [0.5, 0.6) is 0 Å². The van der Waals surface area contributed by atoms with Crippen LogP contribution in [0, 0.1) is 6.92 Å². The number of carbonyl (C=O) groups excluding carboxylic acids is 2. The molecule has 1 amide bonds. The topological polar surface area (TPSA) is 71.2 Å². The van der Waals surface area contributed by atoms with Gasteiger partial charge in [0.2, 0.25) is 0 Å². The Kier molecular flexibility index (Phi) is 5.28. The first kappa shape index (κ1) is 18.0. The molecule has 1 atom stereocenters. The van der Waals surface area contributed by atoms with Gasteiger partial charge in [-0.15, -0.1) is 0 Å². The minimum Gasteiger partial charge on any atom is -0.469 e. The number of aromatic amines is 1. The molecular weight excluding hydrogens is 352 g/mol. The van der Waals surface area contributed by atoms with Crippen molar-refractivity contribution in [2.75, 3.05) is 7.11 Å². The van der Waals surface area contributed by atoms with Gasteiger partial charge >= 0.3 is 5.97 Å². The SMILES string of the molecule is COC(=O)CC(NC(=O)c1cc2ccc(C)cc2[nH]1)c1ccccc1Cl. The fourth-order valence-electron chi connectivity index (χ4n) is 2.85. The normalized spacial score (nSPS) is 12.0.